The van der Waals surface area contributed by atoms with E-state index >= 15 is 0 Å². The Bertz CT molecular complexity index is 880. The highest BCUT2D eigenvalue weighted by molar-refractivity contribution is 7.91. The Labute approximate surface area is 149 Å². The first-order valence-corrected chi connectivity index (χ1v) is 9.06. The van der Waals surface area contributed by atoms with Crippen molar-refractivity contribution in [2.45, 2.75) is 5.03 Å². The summed E-state index contributed by atoms with van der Waals surface area (Å²) < 4.78 is 33.8. The number of sulfone groups is 1. The molecule has 132 valence electrons. The molecule has 2 rings (SSSR count). The van der Waals surface area contributed by atoms with Gasteiger partial charge in [0.1, 0.15) is 6.61 Å². The quantitative estimate of drug-likeness (QED) is 0.704. The second kappa shape index (κ2) is 8.09. The summed E-state index contributed by atoms with van der Waals surface area (Å²) in [5.41, 5.74) is 0.360. The zero-order valence-corrected chi connectivity index (χ0v) is 14.7. The van der Waals surface area contributed by atoms with E-state index in [0.717, 1.165) is 6.20 Å². The van der Waals surface area contributed by atoms with E-state index in [1.807, 2.05) is 0 Å². The molecule has 0 N–H and O–H groups in total. The van der Waals surface area contributed by atoms with E-state index in [-0.39, 0.29) is 22.8 Å². The molecule has 0 saturated carbocycles. The second-order valence-electron chi connectivity index (χ2n) is 4.84. The van der Waals surface area contributed by atoms with Gasteiger partial charge < -0.3 is 9.47 Å². The van der Waals surface area contributed by atoms with Crippen molar-refractivity contribution in [3.8, 4) is 0 Å². The van der Waals surface area contributed by atoms with Crippen LogP contribution in [0.25, 0.3) is 0 Å². The third-order valence-electron chi connectivity index (χ3n) is 3.12. The minimum Gasteiger partial charge on any atom is -0.465 e. The maximum Gasteiger partial charge on any atom is 0.339 e. The van der Waals surface area contributed by atoms with E-state index in [1.165, 1.54) is 31.4 Å². The van der Waals surface area contributed by atoms with Gasteiger partial charge in [0.25, 0.3) is 0 Å². The smallest absolute Gasteiger partial charge is 0.339 e. The number of methoxy groups -OCH3 is 1. The molecule has 0 fully saturated rings. The monoisotopic (exact) mass is 383 g/mol. The molecule has 0 aliphatic rings. The van der Waals surface area contributed by atoms with E-state index < -0.39 is 27.5 Å². The first kappa shape index (κ1) is 18.9. The van der Waals surface area contributed by atoms with Gasteiger partial charge in [-0.15, -0.1) is 0 Å². The van der Waals surface area contributed by atoms with Crippen LogP contribution in [0, 0.1) is 0 Å². The van der Waals surface area contributed by atoms with Crippen LogP contribution in [0.2, 0.25) is 5.02 Å². The Morgan fingerprint density at radius 3 is 2.48 bits per heavy atom. The van der Waals surface area contributed by atoms with Gasteiger partial charge in [0, 0.05) is 11.2 Å². The Balaban J connectivity index is 1.97. The summed E-state index contributed by atoms with van der Waals surface area (Å²) >= 11 is 5.78. The fraction of sp³-hybridized carbons (Fsp3) is 0.188. The predicted molar refractivity (Wildman–Crippen MR) is 89.4 cm³/mol. The highest BCUT2D eigenvalue weighted by Gasteiger charge is 2.18. The zero-order chi connectivity index (χ0) is 18.4. The summed E-state index contributed by atoms with van der Waals surface area (Å²) in [6.45, 7) is -0.339. The van der Waals surface area contributed by atoms with Gasteiger partial charge in [-0.05, 0) is 30.3 Å². The van der Waals surface area contributed by atoms with Crippen molar-refractivity contribution >= 4 is 33.4 Å². The molecule has 1 aromatic heterocycles. The van der Waals surface area contributed by atoms with Crippen molar-refractivity contribution in [1.82, 2.24) is 4.98 Å². The fourth-order valence-corrected chi connectivity index (χ4v) is 3.04. The van der Waals surface area contributed by atoms with Crippen molar-refractivity contribution in [1.29, 1.82) is 0 Å². The first-order valence-electron chi connectivity index (χ1n) is 7.03. The van der Waals surface area contributed by atoms with Gasteiger partial charge in [-0.2, -0.15) is 0 Å². The van der Waals surface area contributed by atoms with Crippen molar-refractivity contribution in [3.05, 3.63) is 58.7 Å². The molecule has 0 bridgehead atoms. The number of nitrogens with zero attached hydrogens (tertiary/aromatic N) is 1. The maximum atomic E-state index is 12.2. The highest BCUT2D eigenvalue weighted by atomic mass is 35.5. The SMILES string of the molecule is COC(=O)c1ccc(S(=O)(=O)CCOC(=O)c2cccc(Cl)c2)nc1. The number of hydrogen-bond acceptors (Lipinski definition) is 7. The Hall–Kier alpha value is -2.45. The number of rotatable bonds is 6. The molecular weight excluding hydrogens is 370 g/mol. The summed E-state index contributed by atoms with van der Waals surface area (Å²) in [5.74, 6) is -1.73. The van der Waals surface area contributed by atoms with Crippen LogP contribution in [-0.2, 0) is 19.3 Å². The lowest BCUT2D eigenvalue weighted by Crippen LogP contribution is -2.17. The summed E-state index contributed by atoms with van der Waals surface area (Å²) in [6, 6.07) is 8.61. The lowest BCUT2D eigenvalue weighted by Gasteiger charge is -2.06. The van der Waals surface area contributed by atoms with Crippen LogP contribution in [0.4, 0.5) is 0 Å². The minimum absolute atomic E-state index is 0.133. The van der Waals surface area contributed by atoms with Crippen LogP contribution in [0.5, 0.6) is 0 Å². The molecule has 0 amide bonds. The van der Waals surface area contributed by atoms with Crippen molar-refractivity contribution in [3.63, 3.8) is 0 Å². The van der Waals surface area contributed by atoms with E-state index in [1.54, 1.807) is 12.1 Å². The summed E-state index contributed by atoms with van der Waals surface area (Å²) in [5, 5.41) is 0.149. The van der Waals surface area contributed by atoms with Crippen LogP contribution in [-0.4, -0.2) is 44.8 Å². The molecule has 0 radical (unpaired) electrons. The zero-order valence-electron chi connectivity index (χ0n) is 13.1. The van der Waals surface area contributed by atoms with Crippen molar-refractivity contribution < 1.29 is 27.5 Å². The number of carbonyl (C=O) groups excluding carboxylic acids is 2. The largest absolute Gasteiger partial charge is 0.465 e. The topological polar surface area (TPSA) is 99.6 Å². The normalized spacial score (nSPS) is 11.0. The Morgan fingerprint density at radius 2 is 1.88 bits per heavy atom. The molecule has 2 aromatic rings. The fourth-order valence-electron chi connectivity index (χ4n) is 1.85. The van der Waals surface area contributed by atoms with Crippen LogP contribution >= 0.6 is 11.6 Å². The van der Waals surface area contributed by atoms with Gasteiger partial charge in [-0.3, -0.25) is 0 Å². The van der Waals surface area contributed by atoms with E-state index in [4.69, 9.17) is 16.3 Å². The van der Waals surface area contributed by atoms with Crippen LogP contribution in [0.15, 0.2) is 47.6 Å². The van der Waals surface area contributed by atoms with Gasteiger partial charge in [-0.25, -0.2) is 23.0 Å². The standard InChI is InChI=1S/C16H14ClNO6S/c1-23-15(19)12-5-6-14(18-10-12)25(21,22)8-7-24-16(20)11-3-2-4-13(17)9-11/h2-6,9-10H,7-8H2,1H3. The molecule has 9 heteroatoms. The number of ether oxygens (including phenoxy) is 2. The lowest BCUT2D eigenvalue weighted by atomic mass is 10.2. The van der Waals surface area contributed by atoms with E-state index in [2.05, 4.69) is 9.72 Å². The van der Waals surface area contributed by atoms with Crippen LogP contribution in [0.3, 0.4) is 0 Å². The number of benzene rings is 1. The number of aromatic nitrogens is 1. The van der Waals surface area contributed by atoms with Gasteiger partial charge in [-0.1, -0.05) is 17.7 Å². The summed E-state index contributed by atoms with van der Waals surface area (Å²) in [4.78, 5) is 26.9. The molecule has 1 aromatic carbocycles. The van der Waals surface area contributed by atoms with Crippen LogP contribution < -0.4 is 0 Å². The molecule has 7 nitrogen and oxygen atoms in total. The average molecular weight is 384 g/mol. The second-order valence-corrected chi connectivity index (χ2v) is 7.33. The summed E-state index contributed by atoms with van der Waals surface area (Å²) in [6.07, 6.45) is 1.11. The van der Waals surface area contributed by atoms with Crippen molar-refractivity contribution in [2.24, 2.45) is 0 Å². The van der Waals surface area contributed by atoms with Gasteiger partial charge >= 0.3 is 11.9 Å². The molecule has 0 spiro atoms. The lowest BCUT2D eigenvalue weighted by molar-refractivity contribution is 0.0528. The van der Waals surface area contributed by atoms with Gasteiger partial charge in [0.2, 0.25) is 0 Å². The van der Waals surface area contributed by atoms with Gasteiger partial charge in [0.05, 0.1) is 24.0 Å². The molecule has 25 heavy (non-hydrogen) atoms. The Morgan fingerprint density at radius 1 is 1.12 bits per heavy atom. The molecule has 0 unspecified atom stereocenters. The van der Waals surface area contributed by atoms with Gasteiger partial charge in [0.15, 0.2) is 14.9 Å². The number of esters is 2. The van der Waals surface area contributed by atoms with Crippen LogP contribution in [0.1, 0.15) is 20.7 Å². The maximum absolute atomic E-state index is 12.2. The Kier molecular flexibility index (Phi) is 6.11. The summed E-state index contributed by atoms with van der Waals surface area (Å²) in [7, 11) is -2.55. The minimum atomic E-state index is -3.76. The third-order valence-corrected chi connectivity index (χ3v) is 4.94. The highest BCUT2D eigenvalue weighted by Crippen LogP contribution is 2.13. The molecule has 0 saturated heterocycles. The van der Waals surface area contributed by atoms with E-state index in [0.29, 0.717) is 5.02 Å². The molecule has 0 atom stereocenters. The number of pyridine rings is 1. The number of halogens is 1. The average Bonchev–Trinajstić information content (AvgIpc) is 2.61. The van der Waals surface area contributed by atoms with Crippen molar-refractivity contribution in [2.75, 3.05) is 19.5 Å². The molecular formula is C16H14ClNO6S. The number of carbonyl (C=O) groups is 2. The number of hydrogen-bond donors (Lipinski definition) is 0. The predicted octanol–water partition coefficient (Wildman–Crippen LogP) is 2.15. The first-order chi connectivity index (χ1) is 11.8. The third kappa shape index (κ3) is 5.01. The molecule has 0 aliphatic heterocycles. The molecule has 0 aliphatic carbocycles. The molecule has 1 heterocycles. The van der Waals surface area contributed by atoms with E-state index in [9.17, 15) is 18.0 Å².